The molecule has 0 amide bonds. The first-order valence-electron chi connectivity index (χ1n) is 8.40. The maximum atomic E-state index is 5.64. The molecule has 0 aliphatic heterocycles. The lowest BCUT2D eigenvalue weighted by atomic mass is 10.1. The first kappa shape index (κ1) is 16.0. The van der Waals surface area contributed by atoms with Gasteiger partial charge < -0.3 is 4.52 Å². The predicted molar refractivity (Wildman–Crippen MR) is 103 cm³/mol. The van der Waals surface area contributed by atoms with Crippen LogP contribution in [0.4, 0.5) is 11.4 Å². The molecule has 4 aromatic rings. The Morgan fingerprint density at radius 2 is 1.42 bits per heavy atom. The molecule has 4 heteroatoms. The second-order valence-electron chi connectivity index (χ2n) is 5.98. The highest BCUT2D eigenvalue weighted by Crippen LogP contribution is 2.39. The second-order valence-corrected chi connectivity index (χ2v) is 5.98. The Bertz CT molecular complexity index is 980. The van der Waals surface area contributed by atoms with E-state index in [1.807, 2.05) is 91.9 Å². The zero-order valence-electron chi connectivity index (χ0n) is 14.3. The van der Waals surface area contributed by atoms with Gasteiger partial charge in [-0.1, -0.05) is 78.0 Å². The first-order chi connectivity index (χ1) is 12.8. The fraction of sp³-hybridized carbons (Fsp3) is 0.0455. The van der Waals surface area contributed by atoms with Crippen LogP contribution in [0.5, 0.6) is 0 Å². The summed E-state index contributed by atoms with van der Waals surface area (Å²) in [5.74, 6) is 0.612. The molecule has 0 fully saturated rings. The average molecular weight is 339 g/mol. The van der Waals surface area contributed by atoms with Gasteiger partial charge in [0.25, 0.3) is 0 Å². The van der Waals surface area contributed by atoms with Crippen molar-refractivity contribution in [2.45, 2.75) is 6.92 Å². The van der Waals surface area contributed by atoms with Gasteiger partial charge in [0.15, 0.2) is 11.4 Å². The summed E-state index contributed by atoms with van der Waals surface area (Å²) < 4.78 is 5.64. The van der Waals surface area contributed by atoms with Gasteiger partial charge in [-0.25, -0.2) is 0 Å². The van der Waals surface area contributed by atoms with E-state index in [1.165, 1.54) is 0 Å². The highest BCUT2D eigenvalue weighted by Gasteiger charge is 2.19. The molecule has 0 bridgehead atoms. The van der Waals surface area contributed by atoms with E-state index < -0.39 is 0 Å². The molecule has 4 rings (SSSR count). The van der Waals surface area contributed by atoms with Gasteiger partial charge >= 0.3 is 0 Å². The molecule has 0 unspecified atom stereocenters. The minimum atomic E-state index is 0.612. The Morgan fingerprint density at radius 3 is 2.12 bits per heavy atom. The Kier molecular flexibility index (Phi) is 4.39. The molecule has 0 saturated heterocycles. The van der Waals surface area contributed by atoms with Crippen LogP contribution in [-0.2, 0) is 0 Å². The van der Waals surface area contributed by atoms with E-state index in [0.717, 1.165) is 22.4 Å². The molecule has 0 atom stereocenters. The van der Waals surface area contributed by atoms with Crippen molar-refractivity contribution in [2.75, 3.05) is 0 Å². The summed E-state index contributed by atoms with van der Waals surface area (Å²) in [5.41, 5.74) is 5.10. The normalized spacial score (nSPS) is 11.1. The van der Waals surface area contributed by atoms with Crippen molar-refractivity contribution in [3.05, 3.63) is 90.5 Å². The lowest BCUT2D eigenvalue weighted by molar-refractivity contribution is 0.435. The third kappa shape index (κ3) is 3.30. The van der Waals surface area contributed by atoms with Crippen molar-refractivity contribution in [2.24, 2.45) is 10.2 Å². The van der Waals surface area contributed by atoms with Gasteiger partial charge in [-0.3, -0.25) is 0 Å². The monoisotopic (exact) mass is 339 g/mol. The van der Waals surface area contributed by atoms with Crippen LogP contribution in [-0.4, -0.2) is 5.16 Å². The maximum absolute atomic E-state index is 5.64. The van der Waals surface area contributed by atoms with Crippen LogP contribution < -0.4 is 0 Å². The number of benzene rings is 3. The lowest BCUT2D eigenvalue weighted by Crippen LogP contribution is -1.78. The summed E-state index contributed by atoms with van der Waals surface area (Å²) in [6, 6.07) is 27.6. The van der Waals surface area contributed by atoms with E-state index in [9.17, 15) is 0 Å². The first-order valence-corrected chi connectivity index (χ1v) is 8.40. The van der Waals surface area contributed by atoms with Crippen molar-refractivity contribution in [3.63, 3.8) is 0 Å². The molecule has 3 aromatic carbocycles. The van der Waals surface area contributed by atoms with Crippen LogP contribution in [0.2, 0.25) is 0 Å². The molecule has 0 spiro atoms. The molecular weight excluding hydrogens is 322 g/mol. The molecule has 0 aliphatic rings. The van der Waals surface area contributed by atoms with Crippen molar-refractivity contribution >= 4 is 11.4 Å². The Morgan fingerprint density at radius 1 is 0.731 bits per heavy atom. The highest BCUT2D eigenvalue weighted by molar-refractivity contribution is 5.82. The fourth-order valence-corrected chi connectivity index (χ4v) is 2.74. The number of azo groups is 1. The maximum Gasteiger partial charge on any atom is 0.195 e. The number of rotatable bonds is 4. The van der Waals surface area contributed by atoms with E-state index in [2.05, 4.69) is 15.4 Å². The molecule has 126 valence electrons. The lowest BCUT2D eigenvalue weighted by Gasteiger charge is -2.00. The number of aromatic nitrogens is 1. The van der Waals surface area contributed by atoms with E-state index in [1.54, 1.807) is 0 Å². The summed E-state index contributed by atoms with van der Waals surface area (Å²) in [4.78, 5) is 0. The number of hydrogen-bond acceptors (Lipinski definition) is 4. The van der Waals surface area contributed by atoms with E-state index >= 15 is 0 Å². The van der Waals surface area contributed by atoms with Gasteiger partial charge in [-0.05, 0) is 24.6 Å². The number of aryl methyl sites for hydroxylation is 1. The molecule has 1 aromatic heterocycles. The number of nitrogens with zero attached hydrogens (tertiary/aromatic N) is 3. The van der Waals surface area contributed by atoms with Crippen LogP contribution in [0.3, 0.4) is 0 Å². The zero-order valence-corrected chi connectivity index (χ0v) is 14.3. The molecular formula is C22H17N3O. The summed E-state index contributed by atoms with van der Waals surface area (Å²) in [5, 5.41) is 13.2. The van der Waals surface area contributed by atoms with Crippen LogP contribution >= 0.6 is 0 Å². The van der Waals surface area contributed by atoms with Gasteiger partial charge in [-0.15, -0.1) is 5.11 Å². The summed E-state index contributed by atoms with van der Waals surface area (Å²) >= 11 is 0. The minimum absolute atomic E-state index is 0.612. The van der Waals surface area contributed by atoms with Crippen LogP contribution in [0, 0.1) is 6.92 Å². The minimum Gasteiger partial charge on any atom is -0.353 e. The summed E-state index contributed by atoms with van der Waals surface area (Å²) in [7, 11) is 0. The van der Waals surface area contributed by atoms with Crippen molar-refractivity contribution in [3.8, 4) is 22.6 Å². The van der Waals surface area contributed by atoms with E-state index in [4.69, 9.17) is 4.52 Å². The smallest absolute Gasteiger partial charge is 0.195 e. The van der Waals surface area contributed by atoms with Gasteiger partial charge in [0.1, 0.15) is 5.69 Å². The largest absolute Gasteiger partial charge is 0.353 e. The summed E-state index contributed by atoms with van der Waals surface area (Å²) in [6.07, 6.45) is 0. The van der Waals surface area contributed by atoms with Crippen LogP contribution in [0.25, 0.3) is 22.6 Å². The predicted octanol–water partition coefficient (Wildman–Crippen LogP) is 6.73. The standard InChI is InChI=1S/C22H17N3O/c1-16-9-8-14-19(15-16)23-24-21-20(17-10-4-2-5-11-17)25-26-22(21)18-12-6-3-7-13-18/h2-15H,1H3. The quantitative estimate of drug-likeness (QED) is 0.387. The molecule has 0 saturated carbocycles. The van der Waals surface area contributed by atoms with E-state index in [-0.39, 0.29) is 0 Å². The average Bonchev–Trinajstić information content (AvgIpc) is 3.12. The van der Waals surface area contributed by atoms with Gasteiger partial charge in [0.2, 0.25) is 0 Å². The molecule has 0 N–H and O–H groups in total. The fourth-order valence-electron chi connectivity index (χ4n) is 2.74. The van der Waals surface area contributed by atoms with Gasteiger partial charge in [0, 0.05) is 11.1 Å². The van der Waals surface area contributed by atoms with E-state index in [0.29, 0.717) is 17.1 Å². The summed E-state index contributed by atoms with van der Waals surface area (Å²) in [6.45, 7) is 2.03. The van der Waals surface area contributed by atoms with Crippen LogP contribution in [0.1, 0.15) is 5.56 Å². The molecule has 0 radical (unpaired) electrons. The molecule has 4 nitrogen and oxygen atoms in total. The Balaban J connectivity index is 1.83. The van der Waals surface area contributed by atoms with Crippen molar-refractivity contribution < 1.29 is 4.52 Å². The Labute approximate surface area is 151 Å². The second kappa shape index (κ2) is 7.15. The van der Waals surface area contributed by atoms with Crippen molar-refractivity contribution in [1.29, 1.82) is 0 Å². The highest BCUT2D eigenvalue weighted by atomic mass is 16.5. The van der Waals surface area contributed by atoms with Crippen LogP contribution in [0.15, 0.2) is 99.7 Å². The molecule has 26 heavy (non-hydrogen) atoms. The third-order valence-corrected chi connectivity index (χ3v) is 4.02. The molecule has 1 heterocycles. The van der Waals surface area contributed by atoms with Crippen molar-refractivity contribution in [1.82, 2.24) is 5.16 Å². The number of hydrogen-bond donors (Lipinski definition) is 0. The Hall–Kier alpha value is -3.53. The molecule has 0 aliphatic carbocycles. The van der Waals surface area contributed by atoms with Gasteiger partial charge in [0.05, 0.1) is 5.69 Å². The zero-order chi connectivity index (χ0) is 17.8. The third-order valence-electron chi connectivity index (χ3n) is 4.02. The topological polar surface area (TPSA) is 50.8 Å². The SMILES string of the molecule is Cc1cccc(N=Nc2c(-c3ccccc3)noc2-c2ccccc2)c1. The van der Waals surface area contributed by atoms with Gasteiger partial charge in [-0.2, -0.15) is 5.11 Å².